The number of carbonyl (C=O) groups is 2. The number of benzene rings is 1. The number of rotatable bonds is 2. The number of carboxylic acids is 1. The third kappa shape index (κ3) is 3.09. The Morgan fingerprint density at radius 3 is 2.61 bits per heavy atom. The number of hydrogen-bond acceptors (Lipinski definition) is 6. The van der Waals surface area contributed by atoms with Gasteiger partial charge < -0.3 is 19.5 Å². The van der Waals surface area contributed by atoms with E-state index < -0.39 is 39.6 Å². The number of nitrogens with zero attached hydrogens (tertiary/aromatic N) is 1. The summed E-state index contributed by atoms with van der Waals surface area (Å²) in [6, 6.07) is 5.43. The van der Waals surface area contributed by atoms with Gasteiger partial charge in [-0.3, -0.25) is 4.79 Å². The van der Waals surface area contributed by atoms with Crippen molar-refractivity contribution in [3.8, 4) is 11.5 Å². The van der Waals surface area contributed by atoms with Crippen LogP contribution in [0.1, 0.15) is 0 Å². The molecule has 0 radical (unpaired) electrons. The van der Waals surface area contributed by atoms with Crippen LogP contribution < -0.4 is 9.47 Å². The third-order valence-electron chi connectivity index (χ3n) is 3.78. The average Bonchev–Trinajstić information content (AvgIpc) is 2.53. The molecule has 1 N–H and O–H groups in total. The van der Waals surface area contributed by atoms with Crippen LogP contribution in [0, 0.1) is 0 Å². The molecule has 2 unspecified atom stereocenters. The smallest absolute Gasteiger partial charge is 0.327 e. The van der Waals surface area contributed by atoms with E-state index in [9.17, 15) is 23.1 Å². The first-order chi connectivity index (χ1) is 10.9. The SMILES string of the molecule is O=C(O)C1CS(=O)(=O)CCN1C(=O)C1COc2ccccc2O1. The number of fused-ring (bicyclic) bond motifs is 1. The normalized spacial score (nSPS) is 25.7. The van der Waals surface area contributed by atoms with E-state index in [4.69, 9.17) is 9.47 Å². The van der Waals surface area contributed by atoms with E-state index in [1.165, 1.54) is 0 Å². The lowest BCUT2D eigenvalue weighted by atomic mass is 10.2. The van der Waals surface area contributed by atoms with Crippen LogP contribution >= 0.6 is 0 Å². The van der Waals surface area contributed by atoms with Crippen molar-refractivity contribution in [2.24, 2.45) is 0 Å². The Kier molecular flexibility index (Phi) is 3.88. The molecule has 2 aliphatic heterocycles. The topological polar surface area (TPSA) is 110 Å². The zero-order chi connectivity index (χ0) is 16.6. The summed E-state index contributed by atoms with van der Waals surface area (Å²) in [6.45, 7) is -0.217. The molecular formula is C14H15NO7S. The predicted molar refractivity (Wildman–Crippen MR) is 78.1 cm³/mol. The summed E-state index contributed by atoms with van der Waals surface area (Å²) in [6.07, 6.45) is -0.993. The van der Waals surface area contributed by atoms with Gasteiger partial charge in [-0.2, -0.15) is 0 Å². The Morgan fingerprint density at radius 1 is 1.22 bits per heavy atom. The summed E-state index contributed by atoms with van der Waals surface area (Å²) in [4.78, 5) is 24.9. The molecule has 2 heterocycles. The highest BCUT2D eigenvalue weighted by molar-refractivity contribution is 7.91. The van der Waals surface area contributed by atoms with Crippen molar-refractivity contribution in [2.75, 3.05) is 24.7 Å². The molecule has 0 spiro atoms. The molecule has 124 valence electrons. The standard InChI is InChI=1S/C14H15NO7S/c16-13(12-7-21-10-3-1-2-4-11(10)22-12)15-5-6-23(19,20)8-9(15)14(17)18/h1-4,9,12H,5-8H2,(H,17,18). The van der Waals surface area contributed by atoms with Gasteiger partial charge in [-0.05, 0) is 12.1 Å². The second-order valence-electron chi connectivity index (χ2n) is 5.36. The van der Waals surface area contributed by atoms with Crippen LogP contribution in [0.15, 0.2) is 24.3 Å². The van der Waals surface area contributed by atoms with Gasteiger partial charge in [-0.15, -0.1) is 0 Å². The number of sulfone groups is 1. The monoisotopic (exact) mass is 341 g/mol. The van der Waals surface area contributed by atoms with Gasteiger partial charge in [0.1, 0.15) is 12.6 Å². The summed E-state index contributed by atoms with van der Waals surface area (Å²) >= 11 is 0. The van der Waals surface area contributed by atoms with Gasteiger partial charge in [0.05, 0.1) is 11.5 Å². The number of carboxylic acid groups (broad SMARTS) is 1. The minimum absolute atomic E-state index is 0.0502. The highest BCUT2D eigenvalue weighted by Gasteiger charge is 2.42. The summed E-state index contributed by atoms with van der Waals surface area (Å²) in [5.41, 5.74) is 0. The molecule has 3 rings (SSSR count). The predicted octanol–water partition coefficient (Wildman–Crippen LogP) is -0.463. The van der Waals surface area contributed by atoms with E-state index in [2.05, 4.69) is 0 Å². The minimum Gasteiger partial charge on any atom is -0.485 e. The molecule has 1 aromatic carbocycles. The zero-order valence-electron chi connectivity index (χ0n) is 12.0. The van der Waals surface area contributed by atoms with Crippen molar-refractivity contribution in [3.63, 3.8) is 0 Å². The van der Waals surface area contributed by atoms with Crippen LogP contribution in [-0.4, -0.2) is 67.1 Å². The maximum absolute atomic E-state index is 12.6. The van der Waals surface area contributed by atoms with Crippen molar-refractivity contribution in [2.45, 2.75) is 12.1 Å². The van der Waals surface area contributed by atoms with Crippen LogP contribution in [0.3, 0.4) is 0 Å². The first kappa shape index (κ1) is 15.6. The second-order valence-corrected chi connectivity index (χ2v) is 7.59. The Morgan fingerprint density at radius 2 is 1.91 bits per heavy atom. The number of ether oxygens (including phenoxy) is 2. The lowest BCUT2D eigenvalue weighted by Crippen LogP contribution is -2.59. The molecule has 9 heteroatoms. The molecule has 23 heavy (non-hydrogen) atoms. The Labute approximate surface area is 132 Å². The lowest BCUT2D eigenvalue weighted by Gasteiger charge is -2.36. The van der Waals surface area contributed by atoms with Crippen molar-refractivity contribution in [1.82, 2.24) is 4.90 Å². The van der Waals surface area contributed by atoms with Crippen LogP contribution in [0.2, 0.25) is 0 Å². The fraction of sp³-hybridized carbons (Fsp3) is 0.429. The van der Waals surface area contributed by atoms with E-state index in [-0.39, 0.29) is 18.9 Å². The van der Waals surface area contributed by atoms with Crippen molar-refractivity contribution >= 4 is 21.7 Å². The molecule has 1 fully saturated rings. The highest BCUT2D eigenvalue weighted by atomic mass is 32.2. The molecule has 1 aromatic rings. The van der Waals surface area contributed by atoms with Gasteiger partial charge in [0, 0.05) is 6.54 Å². The van der Waals surface area contributed by atoms with E-state index >= 15 is 0 Å². The van der Waals surface area contributed by atoms with E-state index in [1.807, 2.05) is 0 Å². The summed E-state index contributed by atoms with van der Waals surface area (Å²) in [7, 11) is -3.47. The zero-order valence-corrected chi connectivity index (χ0v) is 12.9. The molecule has 0 aromatic heterocycles. The van der Waals surface area contributed by atoms with Gasteiger partial charge in [0.15, 0.2) is 21.3 Å². The number of carbonyl (C=O) groups excluding carboxylic acids is 1. The van der Waals surface area contributed by atoms with Gasteiger partial charge in [0.2, 0.25) is 6.10 Å². The molecule has 2 aliphatic rings. The molecule has 0 saturated carbocycles. The molecular weight excluding hydrogens is 326 g/mol. The van der Waals surface area contributed by atoms with Crippen molar-refractivity contribution < 1.29 is 32.6 Å². The fourth-order valence-corrected chi connectivity index (χ4v) is 4.05. The highest BCUT2D eigenvalue weighted by Crippen LogP contribution is 2.31. The van der Waals surface area contributed by atoms with Gasteiger partial charge in [-0.25, -0.2) is 13.2 Å². The maximum Gasteiger partial charge on any atom is 0.327 e. The van der Waals surface area contributed by atoms with E-state index in [0.717, 1.165) is 4.90 Å². The van der Waals surface area contributed by atoms with E-state index in [0.29, 0.717) is 11.5 Å². The molecule has 1 saturated heterocycles. The third-order valence-corrected chi connectivity index (χ3v) is 5.41. The first-order valence-electron chi connectivity index (χ1n) is 6.99. The number of aliphatic carboxylic acids is 1. The van der Waals surface area contributed by atoms with Crippen molar-refractivity contribution in [3.05, 3.63) is 24.3 Å². The van der Waals surface area contributed by atoms with Gasteiger partial charge in [-0.1, -0.05) is 12.1 Å². The van der Waals surface area contributed by atoms with Gasteiger partial charge >= 0.3 is 5.97 Å². The molecule has 8 nitrogen and oxygen atoms in total. The van der Waals surface area contributed by atoms with Crippen LogP contribution in [0.25, 0.3) is 0 Å². The largest absolute Gasteiger partial charge is 0.485 e. The maximum atomic E-state index is 12.6. The minimum atomic E-state index is -3.47. The Hall–Kier alpha value is -2.29. The average molecular weight is 341 g/mol. The Bertz CT molecular complexity index is 745. The number of amides is 1. The summed E-state index contributed by atoms with van der Waals surface area (Å²) < 4.78 is 34.2. The summed E-state index contributed by atoms with van der Waals surface area (Å²) in [5.74, 6) is -1.87. The molecule has 1 amide bonds. The number of hydrogen-bond donors (Lipinski definition) is 1. The quantitative estimate of drug-likeness (QED) is 0.775. The first-order valence-corrected chi connectivity index (χ1v) is 8.82. The Balaban J connectivity index is 1.79. The van der Waals surface area contributed by atoms with E-state index in [1.54, 1.807) is 24.3 Å². The van der Waals surface area contributed by atoms with Crippen LogP contribution in [-0.2, 0) is 19.4 Å². The van der Waals surface area contributed by atoms with Crippen LogP contribution in [0.4, 0.5) is 0 Å². The molecule has 0 bridgehead atoms. The molecule has 2 atom stereocenters. The molecule has 0 aliphatic carbocycles. The van der Waals surface area contributed by atoms with Gasteiger partial charge in [0.25, 0.3) is 5.91 Å². The second kappa shape index (κ2) is 5.73. The van der Waals surface area contributed by atoms with Crippen molar-refractivity contribution in [1.29, 1.82) is 0 Å². The summed E-state index contributed by atoms with van der Waals surface area (Å²) in [5, 5.41) is 9.22. The fourth-order valence-electron chi connectivity index (χ4n) is 2.60. The van der Waals surface area contributed by atoms with Crippen LogP contribution in [0.5, 0.6) is 11.5 Å². The lowest BCUT2D eigenvalue weighted by molar-refractivity contribution is -0.153. The number of para-hydroxylation sites is 2.